The molecule has 8 heteroatoms. The first kappa shape index (κ1) is 21.5. The van der Waals surface area contributed by atoms with Gasteiger partial charge in [-0.25, -0.2) is 9.48 Å². The van der Waals surface area contributed by atoms with Crippen LogP contribution in [-0.2, 0) is 9.53 Å². The number of para-hydroxylation sites is 1. The first-order valence-electron chi connectivity index (χ1n) is 10.0. The number of anilines is 1. The van der Waals surface area contributed by atoms with Crippen LogP contribution in [-0.4, -0.2) is 33.5 Å². The summed E-state index contributed by atoms with van der Waals surface area (Å²) in [6, 6.07) is 17.9. The van der Waals surface area contributed by atoms with Crippen LogP contribution < -0.4 is 5.32 Å². The van der Waals surface area contributed by atoms with E-state index in [0.717, 1.165) is 21.6 Å². The van der Waals surface area contributed by atoms with Gasteiger partial charge in [-0.1, -0.05) is 18.2 Å². The van der Waals surface area contributed by atoms with Gasteiger partial charge >= 0.3 is 5.97 Å². The predicted molar refractivity (Wildman–Crippen MR) is 124 cm³/mol. The van der Waals surface area contributed by atoms with Crippen molar-refractivity contribution in [3.63, 3.8) is 0 Å². The van der Waals surface area contributed by atoms with Gasteiger partial charge in [-0.3, -0.25) is 9.59 Å². The molecule has 0 aliphatic carbocycles. The van der Waals surface area contributed by atoms with Gasteiger partial charge in [0.1, 0.15) is 9.71 Å². The number of fused-ring (bicyclic) bond motifs is 1. The van der Waals surface area contributed by atoms with E-state index in [1.807, 2.05) is 37.3 Å². The van der Waals surface area contributed by atoms with Gasteiger partial charge in [-0.2, -0.15) is 5.10 Å². The lowest BCUT2D eigenvalue weighted by Gasteiger charge is -2.13. The van der Waals surface area contributed by atoms with E-state index < -0.39 is 18.0 Å². The van der Waals surface area contributed by atoms with E-state index in [2.05, 4.69) is 10.4 Å². The highest BCUT2D eigenvalue weighted by Crippen LogP contribution is 2.31. The van der Waals surface area contributed by atoms with E-state index in [1.165, 1.54) is 25.2 Å². The van der Waals surface area contributed by atoms with Crippen molar-refractivity contribution in [1.29, 1.82) is 0 Å². The van der Waals surface area contributed by atoms with Crippen LogP contribution in [0.3, 0.4) is 0 Å². The fraction of sp³-hybridized carbons (Fsp3) is 0.167. The number of ketones is 1. The summed E-state index contributed by atoms with van der Waals surface area (Å²) in [5.74, 6) is -1.08. The number of hydrogen-bond acceptors (Lipinski definition) is 6. The Morgan fingerprint density at radius 1 is 1.06 bits per heavy atom. The summed E-state index contributed by atoms with van der Waals surface area (Å²) in [4.78, 5) is 37.7. The standard InChI is InChI=1S/C24H21N3O4S/c1-14-20-13-21(32-23(20)27(26-14)19-7-5-4-6-8-19)24(30)31-16(3)22(29)25-18-11-9-17(10-12-18)15(2)28/h4-13,16H,1-3H3,(H,25,29). The molecule has 1 N–H and O–H groups in total. The van der Waals surface area contributed by atoms with Crippen molar-refractivity contribution in [3.05, 3.63) is 76.8 Å². The van der Waals surface area contributed by atoms with Crippen LogP contribution in [0, 0.1) is 6.92 Å². The number of aryl methyl sites for hydroxylation is 1. The number of esters is 1. The SMILES string of the molecule is CC(=O)c1ccc(NC(=O)C(C)OC(=O)c2cc3c(C)nn(-c4ccccc4)c3s2)cc1. The Labute approximate surface area is 188 Å². The van der Waals surface area contributed by atoms with Crippen LogP contribution in [0.5, 0.6) is 0 Å². The molecule has 2 aromatic carbocycles. The zero-order chi connectivity index (χ0) is 22.8. The van der Waals surface area contributed by atoms with Crippen molar-refractivity contribution in [3.8, 4) is 5.69 Å². The maximum atomic E-state index is 12.7. The minimum atomic E-state index is -0.994. The Morgan fingerprint density at radius 2 is 1.75 bits per heavy atom. The second-order valence-electron chi connectivity index (χ2n) is 7.33. The van der Waals surface area contributed by atoms with Gasteiger partial charge in [0.2, 0.25) is 0 Å². The number of Topliss-reactive ketones (excluding diaryl/α,β-unsaturated/α-hetero) is 1. The molecule has 2 heterocycles. The van der Waals surface area contributed by atoms with Crippen molar-refractivity contribution >= 4 is 44.9 Å². The Balaban J connectivity index is 1.47. The van der Waals surface area contributed by atoms with E-state index >= 15 is 0 Å². The molecule has 32 heavy (non-hydrogen) atoms. The largest absolute Gasteiger partial charge is 0.448 e. The molecular weight excluding hydrogens is 426 g/mol. The van der Waals surface area contributed by atoms with E-state index in [0.29, 0.717) is 16.1 Å². The Kier molecular flexibility index (Phi) is 5.87. The molecule has 0 spiro atoms. The van der Waals surface area contributed by atoms with Gasteiger partial charge in [0.25, 0.3) is 5.91 Å². The smallest absolute Gasteiger partial charge is 0.349 e. The number of amides is 1. The molecule has 0 aliphatic heterocycles. The minimum Gasteiger partial charge on any atom is -0.448 e. The predicted octanol–water partition coefficient (Wildman–Crippen LogP) is 4.78. The summed E-state index contributed by atoms with van der Waals surface area (Å²) in [5.41, 5.74) is 2.77. The molecule has 1 amide bonds. The summed E-state index contributed by atoms with van der Waals surface area (Å²) in [6.45, 7) is 4.88. The lowest BCUT2D eigenvalue weighted by Crippen LogP contribution is -2.29. The maximum absolute atomic E-state index is 12.7. The molecule has 162 valence electrons. The number of carbonyl (C=O) groups excluding carboxylic acids is 3. The summed E-state index contributed by atoms with van der Waals surface area (Å²) in [5, 5.41) is 8.12. The number of nitrogens with one attached hydrogen (secondary N) is 1. The molecule has 4 aromatic rings. The van der Waals surface area contributed by atoms with Crippen LogP contribution in [0.25, 0.3) is 15.9 Å². The van der Waals surface area contributed by atoms with Gasteiger partial charge < -0.3 is 10.1 Å². The van der Waals surface area contributed by atoms with E-state index in [1.54, 1.807) is 35.0 Å². The first-order chi connectivity index (χ1) is 15.3. The molecule has 0 saturated heterocycles. The number of ether oxygens (including phenoxy) is 1. The summed E-state index contributed by atoms with van der Waals surface area (Å²) in [7, 11) is 0. The fourth-order valence-corrected chi connectivity index (χ4v) is 4.26. The number of carbonyl (C=O) groups is 3. The average Bonchev–Trinajstić information content (AvgIpc) is 3.35. The zero-order valence-electron chi connectivity index (χ0n) is 17.8. The fourth-order valence-electron chi connectivity index (χ4n) is 3.20. The summed E-state index contributed by atoms with van der Waals surface area (Å²) in [6.07, 6.45) is -0.994. The monoisotopic (exact) mass is 447 g/mol. The molecule has 1 unspecified atom stereocenters. The molecule has 0 bridgehead atoms. The van der Waals surface area contributed by atoms with Crippen LogP contribution in [0.15, 0.2) is 60.7 Å². The van der Waals surface area contributed by atoms with Crippen LogP contribution >= 0.6 is 11.3 Å². The minimum absolute atomic E-state index is 0.0564. The number of thiophene rings is 1. The lowest BCUT2D eigenvalue weighted by molar-refractivity contribution is -0.123. The molecule has 4 rings (SSSR count). The van der Waals surface area contributed by atoms with Gasteiger partial charge in [-0.05, 0) is 63.2 Å². The van der Waals surface area contributed by atoms with Gasteiger partial charge in [0.05, 0.1) is 11.4 Å². The normalized spacial score (nSPS) is 11.8. The van der Waals surface area contributed by atoms with E-state index in [4.69, 9.17) is 4.74 Å². The molecule has 0 aliphatic rings. The third kappa shape index (κ3) is 4.31. The number of nitrogens with zero attached hydrogens (tertiary/aromatic N) is 2. The van der Waals surface area contributed by atoms with Gasteiger partial charge in [0, 0.05) is 16.6 Å². The number of hydrogen-bond donors (Lipinski definition) is 1. The third-order valence-electron chi connectivity index (χ3n) is 4.96. The Bertz CT molecular complexity index is 1310. The van der Waals surface area contributed by atoms with Gasteiger partial charge in [0.15, 0.2) is 11.9 Å². The van der Waals surface area contributed by atoms with Crippen LogP contribution in [0.1, 0.15) is 39.6 Å². The number of rotatable bonds is 6. The van der Waals surface area contributed by atoms with E-state index in [-0.39, 0.29) is 5.78 Å². The maximum Gasteiger partial charge on any atom is 0.349 e. The van der Waals surface area contributed by atoms with E-state index in [9.17, 15) is 14.4 Å². The highest BCUT2D eigenvalue weighted by atomic mass is 32.1. The van der Waals surface area contributed by atoms with Gasteiger partial charge in [-0.15, -0.1) is 11.3 Å². The summed E-state index contributed by atoms with van der Waals surface area (Å²) >= 11 is 1.27. The van der Waals surface area contributed by atoms with Crippen molar-refractivity contribution in [2.45, 2.75) is 26.9 Å². The quantitative estimate of drug-likeness (QED) is 0.339. The van der Waals surface area contributed by atoms with Crippen molar-refractivity contribution in [2.75, 3.05) is 5.32 Å². The van der Waals surface area contributed by atoms with Crippen molar-refractivity contribution in [1.82, 2.24) is 9.78 Å². The second kappa shape index (κ2) is 8.76. The van der Waals surface area contributed by atoms with Crippen LogP contribution in [0.4, 0.5) is 5.69 Å². The molecule has 7 nitrogen and oxygen atoms in total. The lowest BCUT2D eigenvalue weighted by atomic mass is 10.1. The third-order valence-corrected chi connectivity index (χ3v) is 6.05. The Hall–Kier alpha value is -3.78. The topological polar surface area (TPSA) is 90.3 Å². The molecular formula is C24H21N3O4S. The van der Waals surface area contributed by atoms with Crippen molar-refractivity contribution in [2.24, 2.45) is 0 Å². The molecule has 2 aromatic heterocycles. The number of benzene rings is 2. The van der Waals surface area contributed by atoms with Crippen LogP contribution in [0.2, 0.25) is 0 Å². The number of aromatic nitrogens is 2. The van der Waals surface area contributed by atoms with Crippen molar-refractivity contribution < 1.29 is 19.1 Å². The Morgan fingerprint density at radius 3 is 2.41 bits per heavy atom. The first-order valence-corrected chi connectivity index (χ1v) is 10.8. The zero-order valence-corrected chi connectivity index (χ0v) is 18.6. The molecule has 0 saturated carbocycles. The average molecular weight is 448 g/mol. The highest BCUT2D eigenvalue weighted by molar-refractivity contribution is 7.20. The highest BCUT2D eigenvalue weighted by Gasteiger charge is 2.23. The molecule has 1 atom stereocenters. The molecule has 0 fully saturated rings. The summed E-state index contributed by atoms with van der Waals surface area (Å²) < 4.78 is 7.19. The molecule has 0 radical (unpaired) electrons. The second-order valence-corrected chi connectivity index (χ2v) is 8.36.